The van der Waals surface area contributed by atoms with Crippen LogP contribution in [0.15, 0.2) is 59.0 Å². The van der Waals surface area contributed by atoms with Crippen LogP contribution in [-0.4, -0.2) is 62.2 Å². The number of rotatable bonds is 9. The molecule has 31 heavy (non-hydrogen) atoms. The van der Waals surface area contributed by atoms with Crippen molar-refractivity contribution in [3.05, 3.63) is 48.7 Å². The number of nitrogens with two attached hydrogens (primary N) is 1. The lowest BCUT2D eigenvalue weighted by Crippen LogP contribution is -2.37. The molecule has 1 saturated heterocycles. The molecule has 3 rings (SSSR count). The largest absolute Gasteiger partial charge is 0.459 e. The van der Waals surface area contributed by atoms with Crippen LogP contribution < -0.4 is 21.1 Å². The molecule has 10 nitrogen and oxygen atoms in total. The molecule has 0 bridgehead atoms. The molecular formula is C21H27N7O3. The van der Waals surface area contributed by atoms with E-state index in [2.05, 4.69) is 37.3 Å². The van der Waals surface area contributed by atoms with Crippen molar-refractivity contribution in [3.63, 3.8) is 0 Å². The van der Waals surface area contributed by atoms with Crippen LogP contribution in [0.4, 0.5) is 23.0 Å². The first kappa shape index (κ1) is 22.3. The Morgan fingerprint density at radius 3 is 2.71 bits per heavy atom. The van der Waals surface area contributed by atoms with Gasteiger partial charge in [0.15, 0.2) is 11.6 Å². The summed E-state index contributed by atoms with van der Waals surface area (Å²) in [6.45, 7) is 7.94. The Hall–Kier alpha value is -3.34. The van der Waals surface area contributed by atoms with E-state index in [4.69, 9.17) is 15.2 Å². The minimum Gasteiger partial charge on any atom is -0.459 e. The fourth-order valence-electron chi connectivity index (χ4n) is 2.90. The first-order chi connectivity index (χ1) is 15.0. The Morgan fingerprint density at radius 2 is 1.97 bits per heavy atom. The number of likely N-dealkylation sites (N-methyl/N-ethyl adjacent to an activating group) is 1. The molecule has 0 aliphatic carbocycles. The highest BCUT2D eigenvalue weighted by atomic mass is 16.5. The molecule has 1 fully saturated rings. The topological polar surface area (TPSA) is 126 Å². The maximum atomic E-state index is 11.6. The highest BCUT2D eigenvalue weighted by Gasteiger charge is 2.13. The van der Waals surface area contributed by atoms with Crippen molar-refractivity contribution in [2.45, 2.75) is 0 Å². The molecule has 2 heterocycles. The second kappa shape index (κ2) is 11.2. The lowest BCUT2D eigenvalue weighted by atomic mass is 10.3. The van der Waals surface area contributed by atoms with Crippen LogP contribution in [0, 0.1) is 0 Å². The van der Waals surface area contributed by atoms with E-state index >= 15 is 0 Å². The smallest absolute Gasteiger partial charge is 0.239 e. The molecule has 1 aliphatic heterocycles. The molecule has 0 radical (unpaired) electrons. The number of carbonyl (C=O) groups is 1. The lowest BCUT2D eigenvalue weighted by Gasteiger charge is -2.27. The second-order valence-electron chi connectivity index (χ2n) is 6.88. The van der Waals surface area contributed by atoms with E-state index in [1.54, 1.807) is 31.3 Å². The minimum absolute atomic E-state index is 0.154. The molecule has 0 unspecified atom stereocenters. The van der Waals surface area contributed by atoms with Gasteiger partial charge in [-0.2, -0.15) is 0 Å². The second-order valence-corrected chi connectivity index (χ2v) is 6.88. The van der Waals surface area contributed by atoms with Crippen molar-refractivity contribution < 1.29 is 14.3 Å². The molecule has 10 heteroatoms. The highest BCUT2D eigenvalue weighted by Crippen LogP contribution is 2.31. The van der Waals surface area contributed by atoms with Gasteiger partial charge in [0, 0.05) is 13.1 Å². The molecule has 1 aliphatic rings. The monoisotopic (exact) mass is 425 g/mol. The molecule has 0 saturated carbocycles. The van der Waals surface area contributed by atoms with Gasteiger partial charge in [-0.1, -0.05) is 18.7 Å². The number of pyridine rings is 1. The van der Waals surface area contributed by atoms with Crippen LogP contribution in [0.2, 0.25) is 0 Å². The molecule has 4 N–H and O–H groups in total. The van der Waals surface area contributed by atoms with Gasteiger partial charge in [-0.05, 0) is 31.3 Å². The average Bonchev–Trinajstić information content (AvgIpc) is 2.75. The summed E-state index contributed by atoms with van der Waals surface area (Å²) in [4.78, 5) is 18.0. The number of aromatic nitrogens is 1. The summed E-state index contributed by atoms with van der Waals surface area (Å²) in [7, 11) is 1.68. The van der Waals surface area contributed by atoms with Gasteiger partial charge in [0.1, 0.15) is 23.0 Å². The van der Waals surface area contributed by atoms with Crippen LogP contribution in [0.25, 0.3) is 0 Å². The van der Waals surface area contributed by atoms with Gasteiger partial charge in [0.2, 0.25) is 5.91 Å². The number of nitrogens with one attached hydrogen (secondary N) is 2. The number of anilines is 2. The zero-order valence-corrected chi connectivity index (χ0v) is 17.5. The Bertz CT molecular complexity index is 942. The summed E-state index contributed by atoms with van der Waals surface area (Å²) in [6.07, 6.45) is 0. The molecule has 1 amide bonds. The lowest BCUT2D eigenvalue weighted by molar-refractivity contribution is -0.115. The van der Waals surface area contributed by atoms with Gasteiger partial charge in [0.25, 0.3) is 0 Å². The first-order valence-corrected chi connectivity index (χ1v) is 9.92. The molecular weight excluding hydrogens is 398 g/mol. The third kappa shape index (κ3) is 6.85. The van der Waals surface area contributed by atoms with Crippen LogP contribution in [0.5, 0.6) is 5.75 Å². The standard InChI is InChI=1S/C21H27N7O3/c1-15(14-28-9-11-30-12-10-28)31-18-6-4-3-5-16(18)26-27-17-7-8-19(25-21(17)22)24-20(29)13-23-2/h3-8,23H,1,9-14H2,2H3,(H3,22,24,25,29). The van der Waals surface area contributed by atoms with Gasteiger partial charge < -0.3 is 25.8 Å². The highest BCUT2D eigenvalue weighted by molar-refractivity contribution is 5.91. The van der Waals surface area contributed by atoms with Gasteiger partial charge in [-0.15, -0.1) is 10.2 Å². The number of hydrogen-bond donors (Lipinski definition) is 3. The van der Waals surface area contributed by atoms with Gasteiger partial charge in [0.05, 0.1) is 26.3 Å². The number of morpholine rings is 1. The van der Waals surface area contributed by atoms with Crippen molar-refractivity contribution in [1.29, 1.82) is 0 Å². The summed E-state index contributed by atoms with van der Waals surface area (Å²) < 4.78 is 11.3. The molecule has 2 aromatic rings. The predicted molar refractivity (Wildman–Crippen MR) is 119 cm³/mol. The van der Waals surface area contributed by atoms with Crippen molar-refractivity contribution in [1.82, 2.24) is 15.2 Å². The van der Waals surface area contributed by atoms with E-state index in [0.717, 1.165) is 13.1 Å². The van der Waals surface area contributed by atoms with E-state index in [0.29, 0.717) is 48.5 Å². The fourth-order valence-corrected chi connectivity index (χ4v) is 2.90. The fraction of sp³-hybridized carbons (Fsp3) is 0.333. The normalized spacial score (nSPS) is 14.5. The maximum Gasteiger partial charge on any atom is 0.239 e. The van der Waals surface area contributed by atoms with Crippen molar-refractivity contribution in [3.8, 4) is 5.75 Å². The first-order valence-electron chi connectivity index (χ1n) is 9.92. The number of nitrogen functional groups attached to an aromatic ring is 1. The SMILES string of the molecule is C=C(CN1CCOCC1)Oc1ccccc1N=Nc1ccc(NC(=O)CNC)nc1N. The summed E-state index contributed by atoms with van der Waals surface area (Å²) in [5.74, 6) is 1.45. The number of carbonyl (C=O) groups excluding carboxylic acids is 1. The van der Waals surface area contributed by atoms with Crippen molar-refractivity contribution in [2.24, 2.45) is 10.2 Å². The van der Waals surface area contributed by atoms with Crippen LogP contribution >= 0.6 is 0 Å². The Kier molecular flexibility index (Phi) is 8.05. The van der Waals surface area contributed by atoms with Crippen LogP contribution in [0.1, 0.15) is 0 Å². The van der Waals surface area contributed by atoms with Gasteiger partial charge in [-0.3, -0.25) is 9.69 Å². The quantitative estimate of drug-likeness (QED) is 0.416. The van der Waals surface area contributed by atoms with Gasteiger partial charge in [-0.25, -0.2) is 4.98 Å². The predicted octanol–water partition coefficient (Wildman–Crippen LogP) is 2.46. The summed E-state index contributed by atoms with van der Waals surface area (Å²) in [5, 5.41) is 13.9. The average molecular weight is 425 g/mol. The number of ether oxygens (including phenoxy) is 2. The van der Waals surface area contributed by atoms with E-state index in [9.17, 15) is 4.79 Å². The molecule has 1 aromatic carbocycles. The Labute approximate surface area is 181 Å². The third-order valence-corrected chi connectivity index (χ3v) is 4.40. The van der Waals surface area contributed by atoms with E-state index < -0.39 is 0 Å². The van der Waals surface area contributed by atoms with Gasteiger partial charge >= 0.3 is 0 Å². The number of amides is 1. The van der Waals surface area contributed by atoms with Crippen LogP contribution in [-0.2, 0) is 9.53 Å². The molecule has 1 aromatic heterocycles. The minimum atomic E-state index is -0.216. The summed E-state index contributed by atoms with van der Waals surface area (Å²) in [6, 6.07) is 10.5. The van der Waals surface area contributed by atoms with E-state index in [-0.39, 0.29) is 18.3 Å². The number of para-hydroxylation sites is 1. The third-order valence-electron chi connectivity index (χ3n) is 4.40. The van der Waals surface area contributed by atoms with E-state index in [1.807, 2.05) is 12.1 Å². The summed E-state index contributed by atoms with van der Waals surface area (Å²) in [5.41, 5.74) is 6.89. The zero-order valence-electron chi connectivity index (χ0n) is 17.5. The molecule has 0 spiro atoms. The number of hydrogen-bond acceptors (Lipinski definition) is 9. The number of benzene rings is 1. The van der Waals surface area contributed by atoms with Crippen LogP contribution in [0.3, 0.4) is 0 Å². The molecule has 0 atom stereocenters. The molecule has 164 valence electrons. The van der Waals surface area contributed by atoms with Crippen molar-refractivity contribution in [2.75, 3.05) is 57.5 Å². The maximum absolute atomic E-state index is 11.6. The number of azo groups is 1. The van der Waals surface area contributed by atoms with Crippen molar-refractivity contribution >= 4 is 28.9 Å². The zero-order chi connectivity index (χ0) is 22.1. The Morgan fingerprint density at radius 1 is 1.23 bits per heavy atom. The summed E-state index contributed by atoms with van der Waals surface area (Å²) >= 11 is 0. The Balaban J connectivity index is 1.65. The van der Waals surface area contributed by atoms with E-state index in [1.165, 1.54) is 0 Å². The number of nitrogens with zero attached hydrogens (tertiary/aromatic N) is 4.